The van der Waals surface area contributed by atoms with Crippen molar-refractivity contribution in [1.82, 2.24) is 9.88 Å². The number of nitrogens with zero attached hydrogens (tertiary/aromatic N) is 2. The van der Waals surface area contributed by atoms with Gasteiger partial charge in [0, 0.05) is 23.7 Å². The molecule has 1 aromatic carbocycles. The van der Waals surface area contributed by atoms with Crippen molar-refractivity contribution >= 4 is 16.6 Å². The molecule has 0 saturated carbocycles. The van der Waals surface area contributed by atoms with Crippen molar-refractivity contribution in [3.05, 3.63) is 30.3 Å². The molecule has 0 saturated heterocycles. The molecule has 4 heteroatoms. The van der Waals surface area contributed by atoms with Gasteiger partial charge in [0.05, 0.1) is 12.1 Å². The van der Waals surface area contributed by atoms with E-state index >= 15 is 0 Å². The monoisotopic (exact) mass is 245 g/mol. The summed E-state index contributed by atoms with van der Waals surface area (Å²) in [6.45, 7) is 1.70. The summed E-state index contributed by atoms with van der Waals surface area (Å²) in [5.41, 5.74) is 7.39. The molecule has 0 spiro atoms. The number of nitrogen functional groups attached to an aromatic ring is 1. The molecule has 0 atom stereocenters. The van der Waals surface area contributed by atoms with Crippen LogP contribution in [0.4, 0.5) is 5.69 Å². The van der Waals surface area contributed by atoms with Crippen molar-refractivity contribution in [2.75, 3.05) is 33.0 Å². The summed E-state index contributed by atoms with van der Waals surface area (Å²) in [6.07, 6.45) is 0.994. The lowest BCUT2D eigenvalue weighted by Crippen LogP contribution is -2.15. The van der Waals surface area contributed by atoms with E-state index in [0.717, 1.165) is 29.6 Å². The lowest BCUT2D eigenvalue weighted by molar-refractivity contribution is 0.274. The van der Waals surface area contributed by atoms with E-state index in [1.807, 2.05) is 30.3 Å². The van der Waals surface area contributed by atoms with E-state index in [1.165, 1.54) is 0 Å². The van der Waals surface area contributed by atoms with E-state index in [4.69, 9.17) is 10.5 Å². The molecule has 1 aromatic heterocycles. The first-order chi connectivity index (χ1) is 8.65. The maximum atomic E-state index is 5.72. The summed E-state index contributed by atoms with van der Waals surface area (Å²) in [5, 5.41) is 1.04. The van der Waals surface area contributed by atoms with Crippen LogP contribution < -0.4 is 10.5 Å². The van der Waals surface area contributed by atoms with Crippen LogP contribution in [0.5, 0.6) is 5.88 Å². The Hall–Kier alpha value is -1.81. The number of hydrogen-bond donors (Lipinski definition) is 1. The topological polar surface area (TPSA) is 51.4 Å². The molecular weight excluding hydrogens is 226 g/mol. The van der Waals surface area contributed by atoms with E-state index in [-0.39, 0.29) is 0 Å². The van der Waals surface area contributed by atoms with Crippen molar-refractivity contribution in [3.8, 4) is 5.88 Å². The molecule has 0 aliphatic carbocycles. The Balaban J connectivity index is 1.99. The van der Waals surface area contributed by atoms with Crippen LogP contribution in [0.1, 0.15) is 6.42 Å². The predicted octanol–water partition coefficient (Wildman–Crippen LogP) is 2.15. The minimum Gasteiger partial charge on any atom is -0.478 e. The van der Waals surface area contributed by atoms with Gasteiger partial charge in [0.25, 0.3) is 0 Å². The normalized spacial score (nSPS) is 11.1. The number of pyridine rings is 1. The maximum Gasteiger partial charge on any atom is 0.213 e. The number of anilines is 1. The highest BCUT2D eigenvalue weighted by molar-refractivity contribution is 5.82. The van der Waals surface area contributed by atoms with Crippen LogP contribution in [0.3, 0.4) is 0 Å². The van der Waals surface area contributed by atoms with Gasteiger partial charge >= 0.3 is 0 Å². The van der Waals surface area contributed by atoms with Gasteiger partial charge in [0.1, 0.15) is 0 Å². The zero-order chi connectivity index (χ0) is 13.0. The van der Waals surface area contributed by atoms with E-state index in [0.29, 0.717) is 12.5 Å². The molecule has 0 unspecified atom stereocenters. The second-order valence-electron chi connectivity index (χ2n) is 4.61. The third kappa shape index (κ3) is 3.34. The fourth-order valence-corrected chi connectivity index (χ4v) is 1.76. The van der Waals surface area contributed by atoms with Crippen LogP contribution in [-0.4, -0.2) is 37.1 Å². The largest absolute Gasteiger partial charge is 0.478 e. The van der Waals surface area contributed by atoms with Gasteiger partial charge in [-0.25, -0.2) is 4.98 Å². The Morgan fingerprint density at radius 1 is 1.22 bits per heavy atom. The lowest BCUT2D eigenvalue weighted by Gasteiger charge is -2.10. The quantitative estimate of drug-likeness (QED) is 0.647. The van der Waals surface area contributed by atoms with Crippen molar-refractivity contribution in [3.63, 3.8) is 0 Å². The van der Waals surface area contributed by atoms with Crippen molar-refractivity contribution in [2.45, 2.75) is 6.42 Å². The van der Waals surface area contributed by atoms with E-state index in [9.17, 15) is 0 Å². The first kappa shape index (κ1) is 12.6. The Morgan fingerprint density at radius 3 is 2.83 bits per heavy atom. The molecule has 18 heavy (non-hydrogen) atoms. The van der Waals surface area contributed by atoms with Crippen LogP contribution in [0.2, 0.25) is 0 Å². The van der Waals surface area contributed by atoms with Gasteiger partial charge < -0.3 is 15.4 Å². The minimum atomic E-state index is 0.672. The van der Waals surface area contributed by atoms with Gasteiger partial charge in [-0.2, -0.15) is 0 Å². The maximum absolute atomic E-state index is 5.72. The summed E-state index contributed by atoms with van der Waals surface area (Å²) in [5.74, 6) is 0.672. The lowest BCUT2D eigenvalue weighted by atomic mass is 10.2. The van der Waals surface area contributed by atoms with Crippen molar-refractivity contribution < 1.29 is 4.74 Å². The summed E-state index contributed by atoms with van der Waals surface area (Å²) < 4.78 is 5.63. The number of hydrogen-bond acceptors (Lipinski definition) is 4. The van der Waals surface area contributed by atoms with Crippen LogP contribution in [0.15, 0.2) is 30.3 Å². The van der Waals surface area contributed by atoms with Crippen molar-refractivity contribution in [2.24, 2.45) is 0 Å². The summed E-state index contributed by atoms with van der Waals surface area (Å²) in [4.78, 5) is 6.58. The highest BCUT2D eigenvalue weighted by atomic mass is 16.5. The number of aromatic nitrogens is 1. The van der Waals surface area contributed by atoms with Crippen LogP contribution >= 0.6 is 0 Å². The molecule has 0 aliphatic heterocycles. The molecule has 0 radical (unpaired) electrons. The Bertz CT molecular complexity index is 525. The van der Waals surface area contributed by atoms with Crippen LogP contribution in [-0.2, 0) is 0 Å². The minimum absolute atomic E-state index is 0.672. The van der Waals surface area contributed by atoms with Gasteiger partial charge in [0.15, 0.2) is 0 Å². The first-order valence-corrected chi connectivity index (χ1v) is 6.09. The third-order valence-electron chi connectivity index (χ3n) is 2.69. The van der Waals surface area contributed by atoms with Crippen LogP contribution in [0, 0.1) is 0 Å². The Labute approximate surface area is 107 Å². The third-order valence-corrected chi connectivity index (χ3v) is 2.69. The predicted molar refractivity (Wildman–Crippen MR) is 74.8 cm³/mol. The first-order valence-electron chi connectivity index (χ1n) is 6.09. The number of rotatable bonds is 5. The van der Waals surface area contributed by atoms with Gasteiger partial charge in [-0.05, 0) is 44.8 Å². The van der Waals surface area contributed by atoms with Crippen molar-refractivity contribution in [1.29, 1.82) is 0 Å². The van der Waals surface area contributed by atoms with E-state index in [2.05, 4.69) is 24.0 Å². The summed E-state index contributed by atoms with van der Waals surface area (Å²) in [6, 6.07) is 9.55. The zero-order valence-electron chi connectivity index (χ0n) is 10.9. The van der Waals surface area contributed by atoms with Gasteiger partial charge in [-0.1, -0.05) is 0 Å². The van der Waals surface area contributed by atoms with Crippen LogP contribution in [0.25, 0.3) is 10.9 Å². The second-order valence-corrected chi connectivity index (χ2v) is 4.61. The molecule has 0 aliphatic rings. The number of benzene rings is 1. The molecule has 0 fully saturated rings. The molecular formula is C14H19N3O. The fourth-order valence-electron chi connectivity index (χ4n) is 1.76. The average molecular weight is 245 g/mol. The number of fused-ring (bicyclic) bond motifs is 1. The molecule has 1 heterocycles. The highest BCUT2D eigenvalue weighted by Crippen LogP contribution is 2.19. The Kier molecular flexibility index (Phi) is 3.99. The highest BCUT2D eigenvalue weighted by Gasteiger charge is 2.00. The van der Waals surface area contributed by atoms with Gasteiger partial charge in [-0.3, -0.25) is 0 Å². The second kappa shape index (κ2) is 5.69. The van der Waals surface area contributed by atoms with Gasteiger partial charge in [-0.15, -0.1) is 0 Å². The number of ether oxygens (including phenoxy) is 1. The molecule has 2 N–H and O–H groups in total. The fraction of sp³-hybridized carbons (Fsp3) is 0.357. The molecule has 96 valence electrons. The Morgan fingerprint density at radius 2 is 2.06 bits per heavy atom. The van der Waals surface area contributed by atoms with Gasteiger partial charge in [0.2, 0.25) is 5.88 Å². The molecule has 0 amide bonds. The standard InChI is InChI=1S/C14H19N3O/c1-17(2)8-3-9-18-14-7-4-11-10-12(15)5-6-13(11)16-14/h4-7,10H,3,8-9,15H2,1-2H3. The van der Waals surface area contributed by atoms with E-state index < -0.39 is 0 Å². The smallest absolute Gasteiger partial charge is 0.213 e. The number of nitrogens with two attached hydrogens (primary N) is 1. The zero-order valence-corrected chi connectivity index (χ0v) is 10.9. The average Bonchev–Trinajstić information content (AvgIpc) is 2.34. The molecule has 4 nitrogen and oxygen atoms in total. The SMILES string of the molecule is CN(C)CCCOc1ccc2cc(N)ccc2n1. The van der Waals surface area contributed by atoms with E-state index in [1.54, 1.807) is 0 Å². The summed E-state index contributed by atoms with van der Waals surface area (Å²) in [7, 11) is 4.11. The molecule has 2 rings (SSSR count). The molecule has 0 bridgehead atoms. The molecule has 2 aromatic rings. The summed E-state index contributed by atoms with van der Waals surface area (Å²) >= 11 is 0.